The molecule has 3 aromatic rings. The van der Waals surface area contributed by atoms with Crippen molar-refractivity contribution in [3.05, 3.63) is 76.5 Å². The first kappa shape index (κ1) is 24.7. The molecule has 0 atom stereocenters. The van der Waals surface area contributed by atoms with E-state index >= 15 is 0 Å². The number of aryl methyl sites for hydroxylation is 1. The lowest BCUT2D eigenvalue weighted by molar-refractivity contribution is -0.122. The van der Waals surface area contributed by atoms with Crippen LogP contribution in [0.25, 0.3) is 6.08 Å². The van der Waals surface area contributed by atoms with Crippen LogP contribution in [0.15, 0.2) is 73.8 Å². The molecule has 11 heteroatoms. The summed E-state index contributed by atoms with van der Waals surface area (Å²) < 4.78 is 38.8. The van der Waals surface area contributed by atoms with Gasteiger partial charge in [-0.1, -0.05) is 72.0 Å². The van der Waals surface area contributed by atoms with Gasteiger partial charge in [-0.15, -0.1) is 0 Å². The topological polar surface area (TPSA) is 93.0 Å². The van der Waals surface area contributed by atoms with E-state index in [2.05, 4.69) is 4.98 Å². The number of ether oxygens (including phenoxy) is 1. The van der Waals surface area contributed by atoms with Gasteiger partial charge in [0.2, 0.25) is 26.6 Å². The van der Waals surface area contributed by atoms with Gasteiger partial charge in [0, 0.05) is 19.2 Å². The molecule has 36 heavy (non-hydrogen) atoms. The van der Waals surface area contributed by atoms with E-state index in [0.29, 0.717) is 42.1 Å². The Bertz CT molecular complexity index is 1430. The van der Waals surface area contributed by atoms with Crippen LogP contribution in [0.3, 0.4) is 0 Å². The van der Waals surface area contributed by atoms with E-state index in [1.54, 1.807) is 29.2 Å². The van der Waals surface area contributed by atoms with Crippen LogP contribution in [0.4, 0.5) is 5.88 Å². The van der Waals surface area contributed by atoms with Crippen molar-refractivity contribution in [3.8, 4) is 0 Å². The average Bonchev–Trinajstić information content (AvgIpc) is 3.43. The SMILES string of the molecule is Cc1ccc(S(=O)(=O)c2nc(C=C3SC(=S)N(Cc4ccccc4)C3=O)oc2N2CCOCC2)cc1. The number of carbonyl (C=O) groups excluding carboxylic acids is 1. The summed E-state index contributed by atoms with van der Waals surface area (Å²) in [7, 11) is -3.97. The summed E-state index contributed by atoms with van der Waals surface area (Å²) in [6.45, 7) is 4.04. The van der Waals surface area contributed by atoms with Gasteiger partial charge in [-0.05, 0) is 24.6 Å². The number of nitrogens with zero attached hydrogens (tertiary/aromatic N) is 3. The van der Waals surface area contributed by atoms with E-state index < -0.39 is 9.84 Å². The summed E-state index contributed by atoms with van der Waals surface area (Å²) >= 11 is 6.57. The number of sulfone groups is 1. The second-order valence-corrected chi connectivity index (χ2v) is 11.9. The number of carbonyl (C=O) groups is 1. The molecule has 0 N–H and O–H groups in total. The monoisotopic (exact) mass is 541 g/mol. The number of hydrogen-bond acceptors (Lipinski definition) is 9. The number of anilines is 1. The van der Waals surface area contributed by atoms with Crippen molar-refractivity contribution in [2.45, 2.75) is 23.4 Å². The number of amides is 1. The van der Waals surface area contributed by atoms with Crippen LogP contribution in [-0.2, 0) is 25.9 Å². The number of aromatic nitrogens is 1. The molecule has 0 spiro atoms. The van der Waals surface area contributed by atoms with Crippen LogP contribution in [-0.4, -0.2) is 54.8 Å². The number of oxazole rings is 1. The molecule has 5 rings (SSSR count). The number of hydrogen-bond donors (Lipinski definition) is 0. The minimum Gasteiger partial charge on any atom is -0.420 e. The van der Waals surface area contributed by atoms with Crippen molar-refractivity contribution in [2.75, 3.05) is 31.2 Å². The van der Waals surface area contributed by atoms with Crippen LogP contribution in [0.5, 0.6) is 0 Å². The second-order valence-electron chi connectivity index (χ2n) is 8.33. The van der Waals surface area contributed by atoms with Crippen molar-refractivity contribution in [3.63, 3.8) is 0 Å². The van der Waals surface area contributed by atoms with Crippen molar-refractivity contribution < 1.29 is 22.4 Å². The highest BCUT2D eigenvalue weighted by Crippen LogP contribution is 2.36. The second kappa shape index (κ2) is 10.2. The maximum atomic E-state index is 13.5. The van der Waals surface area contributed by atoms with Gasteiger partial charge in [-0.3, -0.25) is 9.69 Å². The lowest BCUT2D eigenvalue weighted by Gasteiger charge is -2.26. The Morgan fingerprint density at radius 1 is 1.08 bits per heavy atom. The van der Waals surface area contributed by atoms with Gasteiger partial charge in [0.15, 0.2) is 0 Å². The Kier molecular flexibility index (Phi) is 6.98. The van der Waals surface area contributed by atoms with Gasteiger partial charge in [0.25, 0.3) is 5.91 Å². The van der Waals surface area contributed by atoms with Crippen molar-refractivity contribution in [2.24, 2.45) is 0 Å². The van der Waals surface area contributed by atoms with Crippen LogP contribution in [0.1, 0.15) is 17.0 Å². The molecule has 8 nitrogen and oxygen atoms in total. The van der Waals surface area contributed by atoms with Gasteiger partial charge in [0.05, 0.1) is 29.6 Å². The predicted molar refractivity (Wildman–Crippen MR) is 141 cm³/mol. The summed E-state index contributed by atoms with van der Waals surface area (Å²) in [5.74, 6) is -0.102. The van der Waals surface area contributed by atoms with Crippen molar-refractivity contribution >= 4 is 56.0 Å². The van der Waals surface area contributed by atoms with Crippen LogP contribution >= 0.6 is 24.0 Å². The molecule has 0 radical (unpaired) electrons. The largest absolute Gasteiger partial charge is 0.420 e. The minimum absolute atomic E-state index is 0.0300. The zero-order valence-corrected chi connectivity index (χ0v) is 21.9. The number of thioether (sulfide) groups is 1. The summed E-state index contributed by atoms with van der Waals surface area (Å²) in [4.78, 5) is 21.2. The molecular formula is C25H23N3O5S3. The fourth-order valence-electron chi connectivity index (χ4n) is 3.86. The molecule has 3 heterocycles. The molecule has 0 aliphatic carbocycles. The first-order chi connectivity index (χ1) is 17.3. The first-order valence-electron chi connectivity index (χ1n) is 11.3. The highest BCUT2D eigenvalue weighted by atomic mass is 32.2. The third-order valence-electron chi connectivity index (χ3n) is 5.79. The maximum Gasteiger partial charge on any atom is 0.266 e. The molecule has 2 fully saturated rings. The molecule has 2 saturated heterocycles. The van der Waals surface area contributed by atoms with Gasteiger partial charge in [0.1, 0.15) is 4.32 Å². The molecule has 2 aromatic carbocycles. The molecular weight excluding hydrogens is 518 g/mol. The zero-order chi connectivity index (χ0) is 25.3. The Hall–Kier alpha value is -2.99. The van der Waals surface area contributed by atoms with Crippen molar-refractivity contribution in [1.82, 2.24) is 9.88 Å². The molecule has 1 aromatic heterocycles. The Morgan fingerprint density at radius 2 is 1.78 bits per heavy atom. The standard InChI is InChI=1S/C25H23N3O5S3/c1-17-7-9-19(10-8-17)36(30,31)22-24(27-11-13-32-14-12-27)33-21(26-22)15-20-23(29)28(25(34)35-20)16-18-5-3-2-4-6-18/h2-10,15H,11-14,16H2,1H3. The van der Waals surface area contributed by atoms with Crippen LogP contribution in [0, 0.1) is 6.92 Å². The summed E-state index contributed by atoms with van der Waals surface area (Å²) in [6.07, 6.45) is 1.46. The first-order valence-corrected chi connectivity index (χ1v) is 14.0. The third kappa shape index (κ3) is 4.96. The zero-order valence-electron chi connectivity index (χ0n) is 19.4. The fraction of sp³-hybridized carbons (Fsp3) is 0.240. The molecule has 2 aliphatic heterocycles. The van der Waals surface area contributed by atoms with E-state index in [0.717, 1.165) is 22.9 Å². The quantitative estimate of drug-likeness (QED) is 0.338. The number of morpholine rings is 1. The molecule has 2 aliphatic rings. The van der Waals surface area contributed by atoms with E-state index in [1.165, 1.54) is 11.0 Å². The minimum atomic E-state index is -3.97. The number of benzene rings is 2. The molecule has 0 bridgehead atoms. The van der Waals surface area contributed by atoms with Crippen LogP contribution in [0.2, 0.25) is 0 Å². The molecule has 0 saturated carbocycles. The fourth-order valence-corrected chi connectivity index (χ4v) is 6.41. The molecule has 0 unspecified atom stereocenters. The number of rotatable bonds is 6. The van der Waals surface area contributed by atoms with E-state index in [1.807, 2.05) is 37.3 Å². The van der Waals surface area contributed by atoms with Gasteiger partial charge in [-0.2, -0.15) is 4.98 Å². The third-order valence-corrected chi connectivity index (χ3v) is 8.84. The van der Waals surface area contributed by atoms with E-state index in [-0.39, 0.29) is 27.6 Å². The Balaban J connectivity index is 1.50. The average molecular weight is 542 g/mol. The van der Waals surface area contributed by atoms with Gasteiger partial charge in [-0.25, -0.2) is 8.42 Å². The summed E-state index contributed by atoms with van der Waals surface area (Å²) in [5.41, 5.74) is 1.90. The van der Waals surface area contributed by atoms with Crippen molar-refractivity contribution in [1.29, 1.82) is 0 Å². The molecule has 1 amide bonds. The lowest BCUT2D eigenvalue weighted by atomic mass is 10.2. The summed E-state index contributed by atoms with van der Waals surface area (Å²) in [6, 6.07) is 16.1. The smallest absolute Gasteiger partial charge is 0.266 e. The highest BCUT2D eigenvalue weighted by Gasteiger charge is 2.35. The number of thiocarbonyl (C=S) groups is 1. The normalized spacial score (nSPS) is 17.9. The molecule has 186 valence electrons. The lowest BCUT2D eigenvalue weighted by Crippen LogP contribution is -2.36. The Morgan fingerprint density at radius 3 is 2.47 bits per heavy atom. The summed E-state index contributed by atoms with van der Waals surface area (Å²) in [5, 5.41) is -0.181. The van der Waals surface area contributed by atoms with Gasteiger partial charge >= 0.3 is 0 Å². The Labute approximate surface area is 218 Å². The van der Waals surface area contributed by atoms with Crippen LogP contribution < -0.4 is 4.90 Å². The maximum absolute atomic E-state index is 13.5. The van der Waals surface area contributed by atoms with E-state index in [4.69, 9.17) is 21.4 Å². The highest BCUT2D eigenvalue weighted by molar-refractivity contribution is 8.26. The van der Waals surface area contributed by atoms with E-state index in [9.17, 15) is 13.2 Å². The van der Waals surface area contributed by atoms with Gasteiger partial charge < -0.3 is 14.1 Å². The predicted octanol–water partition coefficient (Wildman–Crippen LogP) is 4.05.